The number of thiophene rings is 1. The molecule has 2 aromatic rings. The van der Waals surface area contributed by atoms with Crippen LogP contribution in [-0.4, -0.2) is 24.4 Å². The standard InChI is InChI=1S/C18H20N2O2S/c1-11-4-6-14(10-12(11)2)20-9-8-15(18(20)22)19-17(21)16-7-5-13(3)23-16/h4-7,10,15H,8-9H2,1-3H3,(H,19,21). The summed E-state index contributed by atoms with van der Waals surface area (Å²) in [6, 6.07) is 9.30. The molecule has 0 spiro atoms. The smallest absolute Gasteiger partial charge is 0.262 e. The molecule has 1 aliphatic rings. The lowest BCUT2D eigenvalue weighted by atomic mass is 10.1. The van der Waals surface area contributed by atoms with Crippen molar-refractivity contribution in [3.63, 3.8) is 0 Å². The monoisotopic (exact) mass is 328 g/mol. The molecule has 5 heteroatoms. The zero-order chi connectivity index (χ0) is 16.6. The summed E-state index contributed by atoms with van der Waals surface area (Å²) in [4.78, 5) is 28.3. The fourth-order valence-electron chi connectivity index (χ4n) is 2.75. The molecule has 0 radical (unpaired) electrons. The highest BCUT2D eigenvalue weighted by Gasteiger charge is 2.34. The van der Waals surface area contributed by atoms with Gasteiger partial charge in [-0.1, -0.05) is 6.07 Å². The first-order chi connectivity index (χ1) is 11.0. The maximum atomic E-state index is 12.6. The van der Waals surface area contributed by atoms with Crippen molar-refractivity contribution in [2.75, 3.05) is 11.4 Å². The summed E-state index contributed by atoms with van der Waals surface area (Å²) in [5, 5.41) is 2.86. The first kappa shape index (κ1) is 15.7. The van der Waals surface area contributed by atoms with Gasteiger partial charge in [-0.05, 0) is 62.6 Å². The van der Waals surface area contributed by atoms with Crippen LogP contribution in [0.15, 0.2) is 30.3 Å². The maximum Gasteiger partial charge on any atom is 0.262 e. The van der Waals surface area contributed by atoms with Crippen molar-refractivity contribution < 1.29 is 9.59 Å². The largest absolute Gasteiger partial charge is 0.339 e. The van der Waals surface area contributed by atoms with Gasteiger partial charge in [-0.15, -0.1) is 11.3 Å². The van der Waals surface area contributed by atoms with Crippen LogP contribution in [-0.2, 0) is 4.79 Å². The second kappa shape index (κ2) is 6.16. The number of hydrogen-bond donors (Lipinski definition) is 1. The summed E-state index contributed by atoms with van der Waals surface area (Å²) >= 11 is 1.44. The van der Waals surface area contributed by atoms with E-state index in [0.29, 0.717) is 17.8 Å². The molecule has 23 heavy (non-hydrogen) atoms. The van der Waals surface area contributed by atoms with Gasteiger partial charge in [-0.3, -0.25) is 9.59 Å². The van der Waals surface area contributed by atoms with Crippen LogP contribution in [0.1, 0.15) is 32.1 Å². The molecule has 1 aliphatic heterocycles. The number of hydrogen-bond acceptors (Lipinski definition) is 3. The number of rotatable bonds is 3. The molecule has 2 heterocycles. The Morgan fingerprint density at radius 2 is 1.96 bits per heavy atom. The van der Waals surface area contributed by atoms with Crippen LogP contribution in [0.3, 0.4) is 0 Å². The van der Waals surface area contributed by atoms with Crippen molar-refractivity contribution in [2.24, 2.45) is 0 Å². The minimum atomic E-state index is -0.438. The van der Waals surface area contributed by atoms with Crippen molar-refractivity contribution in [1.29, 1.82) is 0 Å². The summed E-state index contributed by atoms with van der Waals surface area (Å²) in [6.45, 7) is 6.69. The third-order valence-corrected chi connectivity index (χ3v) is 5.28. The highest BCUT2D eigenvalue weighted by molar-refractivity contribution is 7.13. The maximum absolute atomic E-state index is 12.6. The van der Waals surface area contributed by atoms with E-state index in [4.69, 9.17) is 0 Å². The molecule has 0 bridgehead atoms. The number of carbonyl (C=O) groups is 2. The summed E-state index contributed by atoms with van der Waals surface area (Å²) in [6.07, 6.45) is 0.641. The van der Waals surface area contributed by atoms with Gasteiger partial charge < -0.3 is 10.2 Å². The third kappa shape index (κ3) is 3.15. The second-order valence-corrected chi connectivity index (χ2v) is 7.27. The molecule has 0 saturated carbocycles. The Balaban J connectivity index is 1.71. The quantitative estimate of drug-likeness (QED) is 0.940. The minimum absolute atomic E-state index is 0.0325. The van der Waals surface area contributed by atoms with Gasteiger partial charge in [-0.25, -0.2) is 0 Å². The van der Waals surface area contributed by atoms with E-state index in [-0.39, 0.29) is 11.8 Å². The number of aryl methyl sites for hydroxylation is 3. The fourth-order valence-corrected chi connectivity index (χ4v) is 3.52. The van der Waals surface area contributed by atoms with Crippen molar-refractivity contribution >= 4 is 28.8 Å². The van der Waals surface area contributed by atoms with Crippen LogP contribution in [0.4, 0.5) is 5.69 Å². The van der Waals surface area contributed by atoms with Crippen LogP contribution in [0.25, 0.3) is 0 Å². The molecule has 4 nitrogen and oxygen atoms in total. The van der Waals surface area contributed by atoms with E-state index in [1.54, 1.807) is 11.0 Å². The van der Waals surface area contributed by atoms with E-state index in [9.17, 15) is 9.59 Å². The van der Waals surface area contributed by atoms with Gasteiger partial charge in [0.25, 0.3) is 5.91 Å². The van der Waals surface area contributed by atoms with E-state index >= 15 is 0 Å². The van der Waals surface area contributed by atoms with Crippen LogP contribution in [0.5, 0.6) is 0 Å². The van der Waals surface area contributed by atoms with E-state index in [0.717, 1.165) is 16.1 Å². The molecule has 3 rings (SSSR count). The van der Waals surface area contributed by atoms with E-state index < -0.39 is 6.04 Å². The lowest BCUT2D eigenvalue weighted by Crippen LogP contribution is -2.41. The number of anilines is 1. The Labute approximate surface area is 140 Å². The van der Waals surface area contributed by atoms with E-state index in [2.05, 4.69) is 12.2 Å². The third-order valence-electron chi connectivity index (χ3n) is 4.28. The van der Waals surface area contributed by atoms with Crippen molar-refractivity contribution in [2.45, 2.75) is 33.2 Å². The fraction of sp³-hybridized carbons (Fsp3) is 0.333. The molecule has 1 fully saturated rings. The van der Waals surface area contributed by atoms with Crippen LogP contribution < -0.4 is 10.2 Å². The zero-order valence-corrected chi connectivity index (χ0v) is 14.4. The Bertz CT molecular complexity index is 766. The van der Waals surface area contributed by atoms with Gasteiger partial charge in [0, 0.05) is 17.1 Å². The highest BCUT2D eigenvalue weighted by Crippen LogP contribution is 2.24. The number of nitrogens with zero attached hydrogens (tertiary/aromatic N) is 1. The first-order valence-corrected chi connectivity index (χ1v) is 8.53. The van der Waals surface area contributed by atoms with Crippen LogP contribution in [0, 0.1) is 20.8 Å². The average molecular weight is 328 g/mol. The van der Waals surface area contributed by atoms with Gasteiger partial charge in [-0.2, -0.15) is 0 Å². The summed E-state index contributed by atoms with van der Waals surface area (Å²) in [5.74, 6) is -0.196. The van der Waals surface area contributed by atoms with Gasteiger partial charge in [0.05, 0.1) is 4.88 Å². The molecule has 1 unspecified atom stereocenters. The van der Waals surface area contributed by atoms with E-state index in [1.807, 2.05) is 38.1 Å². The number of nitrogens with one attached hydrogen (secondary N) is 1. The van der Waals surface area contributed by atoms with Crippen LogP contribution in [0.2, 0.25) is 0 Å². The van der Waals surface area contributed by atoms with Gasteiger partial charge in [0.15, 0.2) is 0 Å². The summed E-state index contributed by atoms with van der Waals surface area (Å²) in [7, 11) is 0. The SMILES string of the molecule is Cc1ccc(C(=O)NC2CCN(c3ccc(C)c(C)c3)C2=O)s1. The topological polar surface area (TPSA) is 49.4 Å². The van der Waals surface area contributed by atoms with Crippen molar-refractivity contribution in [3.8, 4) is 0 Å². The minimum Gasteiger partial charge on any atom is -0.339 e. The molecule has 1 aromatic heterocycles. The predicted octanol–water partition coefficient (Wildman–Crippen LogP) is 3.21. The molecule has 1 atom stereocenters. The van der Waals surface area contributed by atoms with E-state index in [1.165, 1.54) is 16.9 Å². The van der Waals surface area contributed by atoms with Gasteiger partial charge in [0.2, 0.25) is 5.91 Å². The zero-order valence-electron chi connectivity index (χ0n) is 13.6. The Morgan fingerprint density at radius 1 is 1.17 bits per heavy atom. The Morgan fingerprint density at radius 3 is 2.61 bits per heavy atom. The average Bonchev–Trinajstić information content (AvgIpc) is 3.09. The molecule has 1 N–H and O–H groups in total. The van der Waals surface area contributed by atoms with Crippen molar-refractivity contribution in [3.05, 3.63) is 51.2 Å². The Hall–Kier alpha value is -2.14. The molecular weight excluding hydrogens is 308 g/mol. The first-order valence-electron chi connectivity index (χ1n) is 7.71. The predicted molar refractivity (Wildman–Crippen MR) is 93.2 cm³/mol. The van der Waals surface area contributed by atoms with Gasteiger partial charge >= 0.3 is 0 Å². The van der Waals surface area contributed by atoms with Crippen LogP contribution >= 0.6 is 11.3 Å². The normalized spacial score (nSPS) is 17.6. The lowest BCUT2D eigenvalue weighted by Gasteiger charge is -2.18. The number of benzene rings is 1. The molecular formula is C18H20N2O2S. The number of amides is 2. The second-order valence-electron chi connectivity index (χ2n) is 5.98. The highest BCUT2D eigenvalue weighted by atomic mass is 32.1. The molecule has 2 amide bonds. The lowest BCUT2D eigenvalue weighted by molar-refractivity contribution is -0.118. The molecule has 1 aromatic carbocycles. The number of carbonyl (C=O) groups excluding carboxylic acids is 2. The molecule has 120 valence electrons. The molecule has 0 aliphatic carbocycles. The Kier molecular flexibility index (Phi) is 4.22. The summed E-state index contributed by atoms with van der Waals surface area (Å²) in [5.41, 5.74) is 3.27. The van der Waals surface area contributed by atoms with Crippen molar-refractivity contribution in [1.82, 2.24) is 5.32 Å². The van der Waals surface area contributed by atoms with Gasteiger partial charge in [0.1, 0.15) is 6.04 Å². The summed E-state index contributed by atoms with van der Waals surface area (Å²) < 4.78 is 0. The molecule has 1 saturated heterocycles.